The number of nitrogens with zero attached hydrogens (tertiary/aromatic N) is 1. The number of rotatable bonds is 10. The molecule has 8 atom stereocenters. The van der Waals surface area contributed by atoms with Crippen LogP contribution in [-0.2, 0) is 11.3 Å². The van der Waals surface area contributed by atoms with Crippen molar-refractivity contribution < 1.29 is 33.3 Å². The summed E-state index contributed by atoms with van der Waals surface area (Å²) in [4.78, 5) is 12.8. The molecule has 4 aliphatic rings. The van der Waals surface area contributed by atoms with Crippen LogP contribution < -0.4 is 29.3 Å². The molecule has 0 spiro atoms. The van der Waals surface area contributed by atoms with Crippen molar-refractivity contribution in [2.24, 2.45) is 46.3 Å². The normalized spacial score (nSPS) is 36.0. The molecule has 0 bridgehead atoms. The first-order chi connectivity index (χ1) is 18.6. The monoisotopic (exact) mass is 662 g/mol. The number of fused-ring (bicyclic) bond motifs is 5. The molecule has 0 heterocycles. The van der Waals surface area contributed by atoms with Gasteiger partial charge in [-0.15, -0.1) is 0 Å². The highest BCUT2D eigenvalue weighted by atomic mass is 127. The van der Waals surface area contributed by atoms with E-state index in [2.05, 4.69) is 70.5 Å². The fourth-order valence-corrected chi connectivity index (χ4v) is 10.8. The quantitative estimate of drug-likeness (QED) is 0.208. The summed E-state index contributed by atoms with van der Waals surface area (Å²) in [6.07, 6.45) is 17.6. The van der Waals surface area contributed by atoms with Crippen LogP contribution in [0.1, 0.15) is 110 Å². The van der Waals surface area contributed by atoms with E-state index in [4.69, 9.17) is 0 Å². The Bertz CT molecular complexity index is 965. The Balaban J connectivity index is 0.00000370. The molecule has 4 saturated carbocycles. The van der Waals surface area contributed by atoms with E-state index in [9.17, 15) is 4.79 Å². The predicted molar refractivity (Wildman–Crippen MR) is 163 cm³/mol. The Labute approximate surface area is 263 Å². The molecule has 0 aromatic heterocycles. The van der Waals surface area contributed by atoms with Crippen molar-refractivity contribution in [3.63, 3.8) is 0 Å². The number of halogens is 1. The summed E-state index contributed by atoms with van der Waals surface area (Å²) in [5.74, 6) is 5.66. The number of quaternary nitrogens is 1. The molecular formula is C36H59IN2O. The minimum absolute atomic E-state index is 0. The van der Waals surface area contributed by atoms with Gasteiger partial charge >= 0.3 is 0 Å². The van der Waals surface area contributed by atoms with Gasteiger partial charge in [-0.1, -0.05) is 63.9 Å². The maximum absolute atomic E-state index is 12.8. The van der Waals surface area contributed by atoms with E-state index in [1.54, 1.807) is 0 Å². The predicted octanol–water partition coefficient (Wildman–Crippen LogP) is 5.24. The second-order valence-electron chi connectivity index (χ2n) is 15.7. The molecule has 0 radical (unpaired) electrons. The van der Waals surface area contributed by atoms with Crippen molar-refractivity contribution >= 4 is 5.91 Å². The molecule has 5 rings (SSSR count). The van der Waals surface area contributed by atoms with Gasteiger partial charge < -0.3 is 33.8 Å². The zero-order chi connectivity index (χ0) is 27.7. The number of benzene rings is 1. The van der Waals surface area contributed by atoms with Gasteiger partial charge in [-0.2, -0.15) is 0 Å². The molecule has 1 unspecified atom stereocenters. The van der Waals surface area contributed by atoms with E-state index in [-0.39, 0.29) is 29.9 Å². The van der Waals surface area contributed by atoms with Gasteiger partial charge in [-0.25, -0.2) is 0 Å². The average Bonchev–Trinajstić information content (AvgIpc) is 3.27. The van der Waals surface area contributed by atoms with Gasteiger partial charge in [0.05, 0.1) is 20.6 Å². The van der Waals surface area contributed by atoms with Crippen LogP contribution in [0.2, 0.25) is 0 Å². The third-order valence-corrected chi connectivity index (χ3v) is 12.9. The van der Waals surface area contributed by atoms with E-state index in [1.807, 2.05) is 0 Å². The van der Waals surface area contributed by atoms with Crippen molar-refractivity contribution in [3.05, 3.63) is 35.9 Å². The summed E-state index contributed by atoms with van der Waals surface area (Å²) in [6.45, 7) is 10.8. The molecule has 4 fully saturated rings. The molecule has 0 aliphatic heterocycles. The summed E-state index contributed by atoms with van der Waals surface area (Å²) in [5, 5.41) is 3.25. The standard InChI is InChI=1S/C36H58N2O.HI/c1-27(15-20-34(39)37-24-11-25-38(4,5)26-28-12-7-6-8-13-28)31-18-19-32-30-17-16-29-14-9-10-22-35(29,2)33(30)21-23-36(31,32)3;/h6-8,12-13,27,29-33H,9-11,14-26H2,1-5H3;1H/t27-,29?,30+,31-,32+,33+,35+,36-;/m1./s1. The summed E-state index contributed by atoms with van der Waals surface area (Å²) >= 11 is 0. The zero-order valence-electron chi connectivity index (χ0n) is 26.4. The fraction of sp³-hybridized carbons (Fsp3) is 0.806. The van der Waals surface area contributed by atoms with E-state index < -0.39 is 0 Å². The lowest BCUT2D eigenvalue weighted by Crippen LogP contribution is -3.00. The van der Waals surface area contributed by atoms with Crippen LogP contribution in [0.15, 0.2) is 30.3 Å². The van der Waals surface area contributed by atoms with Crippen LogP contribution >= 0.6 is 0 Å². The first-order valence-electron chi connectivity index (χ1n) is 16.7. The molecule has 40 heavy (non-hydrogen) atoms. The number of carbonyl (C=O) groups excluding carboxylic acids is 1. The molecule has 226 valence electrons. The summed E-state index contributed by atoms with van der Waals surface area (Å²) in [5.41, 5.74) is 2.53. The van der Waals surface area contributed by atoms with Crippen molar-refractivity contribution in [1.82, 2.24) is 5.32 Å². The van der Waals surface area contributed by atoms with Gasteiger partial charge in [0.25, 0.3) is 0 Å². The maximum Gasteiger partial charge on any atom is 0.220 e. The molecule has 3 nitrogen and oxygen atoms in total. The highest BCUT2D eigenvalue weighted by molar-refractivity contribution is 5.75. The second-order valence-corrected chi connectivity index (χ2v) is 15.7. The molecule has 1 aromatic rings. The van der Waals surface area contributed by atoms with E-state index >= 15 is 0 Å². The Morgan fingerprint density at radius 1 is 0.950 bits per heavy atom. The summed E-state index contributed by atoms with van der Waals surface area (Å²) in [6, 6.07) is 10.7. The smallest absolute Gasteiger partial charge is 0.220 e. The molecule has 1 N–H and O–H groups in total. The van der Waals surface area contributed by atoms with E-state index in [0.29, 0.717) is 23.2 Å². The molecule has 4 heteroatoms. The lowest BCUT2D eigenvalue weighted by Gasteiger charge is -2.61. The topological polar surface area (TPSA) is 29.1 Å². The number of amides is 1. The highest BCUT2D eigenvalue weighted by Gasteiger charge is 2.60. The van der Waals surface area contributed by atoms with Gasteiger partial charge in [0.1, 0.15) is 6.54 Å². The lowest BCUT2D eigenvalue weighted by atomic mass is 9.44. The van der Waals surface area contributed by atoms with Crippen molar-refractivity contribution in [2.45, 2.75) is 111 Å². The number of hydrogen-bond acceptors (Lipinski definition) is 1. The van der Waals surface area contributed by atoms with Crippen molar-refractivity contribution in [3.8, 4) is 0 Å². The van der Waals surface area contributed by atoms with Gasteiger partial charge in [-0.3, -0.25) is 4.79 Å². The maximum atomic E-state index is 12.8. The van der Waals surface area contributed by atoms with Crippen LogP contribution in [0.3, 0.4) is 0 Å². The summed E-state index contributed by atoms with van der Waals surface area (Å²) < 4.78 is 0.958. The number of hydrogen-bond donors (Lipinski definition) is 1. The fourth-order valence-electron chi connectivity index (χ4n) is 10.8. The lowest BCUT2D eigenvalue weighted by molar-refractivity contribution is -0.903. The largest absolute Gasteiger partial charge is 1.00 e. The second kappa shape index (κ2) is 13.3. The van der Waals surface area contributed by atoms with Gasteiger partial charge in [0.2, 0.25) is 5.91 Å². The summed E-state index contributed by atoms with van der Waals surface area (Å²) in [7, 11) is 4.58. The SMILES string of the molecule is C[C@H](CCC(=O)NCCC[N+](C)(C)Cc1ccccc1)[C@H]1CC[C@H]2[C@@H]3CCC4CCCC[C@]4(C)[C@H]3CC[C@]12C.[I-]. The third kappa shape index (κ3) is 6.79. The Morgan fingerprint density at radius 3 is 2.48 bits per heavy atom. The van der Waals surface area contributed by atoms with Gasteiger partial charge in [0, 0.05) is 24.9 Å². The average molecular weight is 663 g/mol. The van der Waals surface area contributed by atoms with Crippen LogP contribution in [0.5, 0.6) is 0 Å². The van der Waals surface area contributed by atoms with E-state index in [0.717, 1.165) is 66.5 Å². The minimum atomic E-state index is 0. The Hall–Kier alpha value is -0.620. The highest BCUT2D eigenvalue weighted by Crippen LogP contribution is 2.68. The first-order valence-corrected chi connectivity index (χ1v) is 16.7. The van der Waals surface area contributed by atoms with E-state index in [1.165, 1.54) is 69.8 Å². The zero-order valence-corrected chi connectivity index (χ0v) is 28.6. The minimum Gasteiger partial charge on any atom is -1.00 e. The number of nitrogens with one attached hydrogen (secondary N) is 1. The van der Waals surface area contributed by atoms with Crippen molar-refractivity contribution in [1.29, 1.82) is 0 Å². The number of carbonyl (C=O) groups is 1. The van der Waals surface area contributed by atoms with Gasteiger partial charge in [-0.05, 0) is 104 Å². The molecule has 4 aliphatic carbocycles. The molecular weight excluding hydrogens is 603 g/mol. The van der Waals surface area contributed by atoms with Crippen molar-refractivity contribution in [2.75, 3.05) is 27.2 Å². The Morgan fingerprint density at radius 2 is 1.70 bits per heavy atom. The third-order valence-electron chi connectivity index (χ3n) is 12.9. The molecule has 0 saturated heterocycles. The van der Waals surface area contributed by atoms with Crippen LogP contribution in [0, 0.1) is 46.3 Å². The van der Waals surface area contributed by atoms with Crippen LogP contribution in [-0.4, -0.2) is 37.6 Å². The molecule has 1 aromatic carbocycles. The first kappa shape index (κ1) is 32.3. The van der Waals surface area contributed by atoms with Crippen LogP contribution in [0.25, 0.3) is 0 Å². The Kier molecular flexibility index (Phi) is 10.8. The van der Waals surface area contributed by atoms with Gasteiger partial charge in [0.15, 0.2) is 0 Å². The molecule has 1 amide bonds. The van der Waals surface area contributed by atoms with Crippen LogP contribution in [0.4, 0.5) is 0 Å².